The Balaban J connectivity index is 2.63. The number of halogens is 1. The Morgan fingerprint density at radius 1 is 1.61 bits per heavy atom. The molecule has 0 radical (unpaired) electrons. The van der Waals surface area contributed by atoms with Crippen molar-refractivity contribution in [1.82, 2.24) is 10.0 Å². The van der Waals surface area contributed by atoms with Gasteiger partial charge in [-0.1, -0.05) is 11.6 Å². The zero-order valence-electron chi connectivity index (χ0n) is 9.59. The van der Waals surface area contributed by atoms with Crippen LogP contribution in [0.4, 0.5) is 4.79 Å². The van der Waals surface area contributed by atoms with E-state index >= 15 is 0 Å². The van der Waals surface area contributed by atoms with Gasteiger partial charge in [0.2, 0.25) is 0 Å². The van der Waals surface area contributed by atoms with E-state index in [1.807, 2.05) is 0 Å². The first-order chi connectivity index (χ1) is 8.52. The van der Waals surface area contributed by atoms with Crippen molar-refractivity contribution in [2.24, 2.45) is 4.99 Å². The number of amides is 2. The van der Waals surface area contributed by atoms with Gasteiger partial charge in [0.05, 0.1) is 12.0 Å². The van der Waals surface area contributed by atoms with E-state index in [4.69, 9.17) is 16.8 Å². The quantitative estimate of drug-likeness (QED) is 0.478. The minimum absolute atomic E-state index is 0.00874. The maximum Gasteiger partial charge on any atom is 0.341 e. The molecule has 0 bridgehead atoms. The van der Waals surface area contributed by atoms with Crippen molar-refractivity contribution < 1.29 is 19.5 Å². The SMILES string of the molecule is CCOC(=O)CNC(=O)/N=c1\ccn(O)c(Cl)c1. The molecule has 1 aromatic rings. The molecule has 0 aliphatic heterocycles. The third kappa shape index (κ3) is 4.46. The van der Waals surface area contributed by atoms with Crippen LogP contribution < -0.4 is 10.7 Å². The Morgan fingerprint density at radius 3 is 2.94 bits per heavy atom. The van der Waals surface area contributed by atoms with Crippen molar-refractivity contribution in [2.45, 2.75) is 6.92 Å². The fourth-order valence-electron chi connectivity index (χ4n) is 1.04. The predicted molar refractivity (Wildman–Crippen MR) is 62.2 cm³/mol. The molecule has 1 heterocycles. The zero-order chi connectivity index (χ0) is 13.5. The van der Waals surface area contributed by atoms with Gasteiger partial charge in [-0.25, -0.2) is 4.79 Å². The third-order valence-corrected chi connectivity index (χ3v) is 2.07. The molecular weight excluding hydrogens is 262 g/mol. The Morgan fingerprint density at radius 2 is 2.33 bits per heavy atom. The first kappa shape index (κ1) is 14.0. The van der Waals surface area contributed by atoms with Crippen LogP contribution in [0, 0.1) is 0 Å². The molecule has 0 spiro atoms. The average molecular weight is 274 g/mol. The second-order valence-corrected chi connectivity index (χ2v) is 3.52. The van der Waals surface area contributed by atoms with Crippen molar-refractivity contribution in [1.29, 1.82) is 0 Å². The van der Waals surface area contributed by atoms with E-state index in [9.17, 15) is 9.59 Å². The Bertz CT molecular complexity index is 512. The normalized spacial score (nSPS) is 11.1. The number of aromatic nitrogens is 1. The highest BCUT2D eigenvalue weighted by Gasteiger charge is 2.04. The molecule has 0 saturated heterocycles. The second-order valence-electron chi connectivity index (χ2n) is 3.13. The van der Waals surface area contributed by atoms with Crippen LogP contribution in [0.5, 0.6) is 0 Å². The first-order valence-electron chi connectivity index (χ1n) is 5.08. The Hall–Kier alpha value is -2.02. The molecule has 18 heavy (non-hydrogen) atoms. The number of pyridine rings is 1. The van der Waals surface area contributed by atoms with E-state index in [-0.39, 0.29) is 23.7 Å². The largest absolute Gasteiger partial charge is 0.465 e. The molecule has 1 aromatic heterocycles. The molecule has 0 aliphatic carbocycles. The van der Waals surface area contributed by atoms with Crippen LogP contribution in [0.25, 0.3) is 0 Å². The molecule has 0 aliphatic rings. The molecular formula is C10H12ClN3O4. The van der Waals surface area contributed by atoms with E-state index in [0.717, 1.165) is 0 Å². The molecule has 1 rings (SSSR count). The third-order valence-electron chi connectivity index (χ3n) is 1.79. The number of urea groups is 1. The summed E-state index contributed by atoms with van der Waals surface area (Å²) in [5.74, 6) is -0.541. The highest BCUT2D eigenvalue weighted by molar-refractivity contribution is 6.29. The van der Waals surface area contributed by atoms with Gasteiger partial charge in [-0.15, -0.1) is 0 Å². The molecule has 0 unspecified atom stereocenters. The van der Waals surface area contributed by atoms with Crippen LogP contribution in [0.2, 0.25) is 5.15 Å². The lowest BCUT2D eigenvalue weighted by atomic mass is 10.5. The van der Waals surface area contributed by atoms with Gasteiger partial charge < -0.3 is 15.3 Å². The van der Waals surface area contributed by atoms with E-state index in [1.165, 1.54) is 18.3 Å². The molecule has 0 atom stereocenters. The summed E-state index contributed by atoms with van der Waals surface area (Å²) in [7, 11) is 0. The van der Waals surface area contributed by atoms with Crippen molar-refractivity contribution >= 4 is 23.6 Å². The molecule has 8 heteroatoms. The summed E-state index contributed by atoms with van der Waals surface area (Å²) in [6.45, 7) is 1.66. The minimum atomic E-state index is -0.699. The molecule has 0 aromatic carbocycles. The van der Waals surface area contributed by atoms with Gasteiger partial charge in [0.25, 0.3) is 0 Å². The Kier molecular flexibility index (Phi) is 5.19. The number of hydrogen-bond acceptors (Lipinski definition) is 4. The number of esters is 1. The van der Waals surface area contributed by atoms with Gasteiger partial charge in [0.15, 0.2) is 0 Å². The predicted octanol–water partition coefficient (Wildman–Crippen LogP) is 0.552. The number of carbonyl (C=O) groups excluding carboxylic acids is 2. The molecule has 0 saturated carbocycles. The molecule has 2 amide bonds. The average Bonchev–Trinajstić information content (AvgIpc) is 2.32. The lowest BCUT2D eigenvalue weighted by Crippen LogP contribution is -2.29. The van der Waals surface area contributed by atoms with Crippen LogP contribution in [0.3, 0.4) is 0 Å². The van der Waals surface area contributed by atoms with Gasteiger partial charge in [-0.3, -0.25) is 4.79 Å². The van der Waals surface area contributed by atoms with E-state index < -0.39 is 12.0 Å². The first-order valence-corrected chi connectivity index (χ1v) is 5.46. The molecule has 2 N–H and O–H groups in total. The summed E-state index contributed by atoms with van der Waals surface area (Å²) in [6, 6.07) is 1.98. The number of hydrogen-bond donors (Lipinski definition) is 2. The summed E-state index contributed by atoms with van der Waals surface area (Å²) >= 11 is 5.61. The number of ether oxygens (including phenoxy) is 1. The van der Waals surface area contributed by atoms with Gasteiger partial charge >= 0.3 is 12.0 Å². The Labute approximate surface area is 108 Å². The summed E-state index contributed by atoms with van der Waals surface area (Å²) in [5.41, 5.74) is 0. The van der Waals surface area contributed by atoms with Crippen molar-refractivity contribution in [3.63, 3.8) is 0 Å². The van der Waals surface area contributed by atoms with Gasteiger partial charge in [0, 0.05) is 12.3 Å². The summed E-state index contributed by atoms with van der Waals surface area (Å²) in [5, 5.41) is 11.6. The van der Waals surface area contributed by atoms with E-state index in [0.29, 0.717) is 4.73 Å². The van der Waals surface area contributed by atoms with Crippen LogP contribution in [-0.2, 0) is 9.53 Å². The molecule has 98 valence electrons. The van der Waals surface area contributed by atoms with Crippen molar-refractivity contribution in [3.05, 3.63) is 28.8 Å². The maximum absolute atomic E-state index is 11.3. The number of rotatable bonds is 3. The topological polar surface area (TPSA) is 92.9 Å². The van der Waals surface area contributed by atoms with Crippen molar-refractivity contribution in [2.75, 3.05) is 13.2 Å². The van der Waals surface area contributed by atoms with Crippen LogP contribution in [-0.4, -0.2) is 35.1 Å². The second kappa shape index (κ2) is 6.65. The van der Waals surface area contributed by atoms with E-state index in [2.05, 4.69) is 15.0 Å². The monoisotopic (exact) mass is 273 g/mol. The minimum Gasteiger partial charge on any atom is -0.465 e. The summed E-state index contributed by atoms with van der Waals surface area (Å²) < 4.78 is 5.30. The van der Waals surface area contributed by atoms with Crippen LogP contribution in [0.1, 0.15) is 6.92 Å². The van der Waals surface area contributed by atoms with E-state index in [1.54, 1.807) is 6.92 Å². The van der Waals surface area contributed by atoms with Gasteiger partial charge in [-0.05, 0) is 13.0 Å². The van der Waals surface area contributed by atoms with Gasteiger partial charge in [0.1, 0.15) is 11.7 Å². The molecule has 0 fully saturated rings. The molecule has 7 nitrogen and oxygen atoms in total. The fraction of sp³-hybridized carbons (Fsp3) is 0.300. The standard InChI is InChI=1S/C10H12ClN3O4/c1-2-18-9(15)6-12-10(16)13-7-3-4-14(17)8(11)5-7/h3-5,17H,2,6H2,1H3,(H,12,16)/b13-7+. The number of carbonyl (C=O) groups is 2. The lowest BCUT2D eigenvalue weighted by Gasteiger charge is -2.01. The maximum atomic E-state index is 11.3. The lowest BCUT2D eigenvalue weighted by molar-refractivity contribution is -0.141. The van der Waals surface area contributed by atoms with Crippen LogP contribution >= 0.6 is 11.6 Å². The zero-order valence-corrected chi connectivity index (χ0v) is 10.3. The van der Waals surface area contributed by atoms with Crippen LogP contribution in [0.15, 0.2) is 23.3 Å². The fourth-order valence-corrected chi connectivity index (χ4v) is 1.21. The van der Waals surface area contributed by atoms with Gasteiger partial charge in [-0.2, -0.15) is 9.72 Å². The number of nitrogens with one attached hydrogen (secondary N) is 1. The van der Waals surface area contributed by atoms with Crippen molar-refractivity contribution in [3.8, 4) is 0 Å². The smallest absolute Gasteiger partial charge is 0.341 e. The summed E-state index contributed by atoms with van der Waals surface area (Å²) in [6.07, 6.45) is 1.24. The highest BCUT2D eigenvalue weighted by atomic mass is 35.5. The summed E-state index contributed by atoms with van der Waals surface area (Å²) in [4.78, 5) is 25.9. The highest BCUT2D eigenvalue weighted by Crippen LogP contribution is 2.00. The number of nitrogens with zero attached hydrogens (tertiary/aromatic N) is 2.